The van der Waals surface area contributed by atoms with E-state index < -0.39 is 0 Å². The number of hydrogen-bond donors (Lipinski definition) is 2. The molecule has 0 bridgehead atoms. The molecule has 0 spiro atoms. The van der Waals surface area contributed by atoms with Gasteiger partial charge in [-0.3, -0.25) is 14.6 Å². The molecule has 0 aliphatic carbocycles. The van der Waals surface area contributed by atoms with Crippen molar-refractivity contribution >= 4 is 23.7 Å². The summed E-state index contributed by atoms with van der Waals surface area (Å²) in [4.78, 5) is 34.7. The largest absolute Gasteiger partial charge is 0.469 e. The first kappa shape index (κ1) is 20.7. The van der Waals surface area contributed by atoms with Gasteiger partial charge in [-0.1, -0.05) is 13.0 Å². The van der Waals surface area contributed by atoms with Crippen LogP contribution in [-0.4, -0.2) is 61.0 Å². The average molecular weight is 375 g/mol. The molecule has 1 amide bonds. The molecule has 1 aromatic rings. The van der Waals surface area contributed by atoms with E-state index in [-0.39, 0.29) is 30.1 Å². The van der Waals surface area contributed by atoms with Crippen LogP contribution in [0.4, 0.5) is 5.82 Å². The number of hydrogen-bond acceptors (Lipinski definition) is 5. The van der Waals surface area contributed by atoms with Gasteiger partial charge in [0.15, 0.2) is 5.96 Å². The fourth-order valence-corrected chi connectivity index (χ4v) is 3.03. The topological polar surface area (TPSA) is 95.9 Å². The van der Waals surface area contributed by atoms with Crippen LogP contribution in [0.25, 0.3) is 0 Å². The summed E-state index contributed by atoms with van der Waals surface area (Å²) in [5.41, 5.74) is 1.04. The van der Waals surface area contributed by atoms with Gasteiger partial charge in [0, 0.05) is 32.3 Å². The monoisotopic (exact) mass is 375 g/mol. The summed E-state index contributed by atoms with van der Waals surface area (Å²) < 4.78 is 4.88. The number of esters is 1. The second-order valence-corrected chi connectivity index (χ2v) is 6.77. The highest BCUT2D eigenvalue weighted by atomic mass is 16.5. The molecule has 8 nitrogen and oxygen atoms in total. The summed E-state index contributed by atoms with van der Waals surface area (Å²) in [6.45, 7) is 8.33. The van der Waals surface area contributed by atoms with Crippen LogP contribution < -0.4 is 10.6 Å². The van der Waals surface area contributed by atoms with Crippen LogP contribution >= 0.6 is 0 Å². The van der Waals surface area contributed by atoms with Crippen molar-refractivity contribution in [3.63, 3.8) is 0 Å². The van der Waals surface area contributed by atoms with Crippen molar-refractivity contribution in [2.24, 2.45) is 16.8 Å². The van der Waals surface area contributed by atoms with E-state index in [0.29, 0.717) is 25.5 Å². The molecule has 1 fully saturated rings. The van der Waals surface area contributed by atoms with Crippen LogP contribution in [0.15, 0.2) is 23.3 Å². The second kappa shape index (κ2) is 9.89. The van der Waals surface area contributed by atoms with Crippen LogP contribution in [0.2, 0.25) is 0 Å². The number of amides is 1. The highest BCUT2D eigenvalue weighted by Crippen LogP contribution is 2.24. The molecule has 2 atom stereocenters. The smallest absolute Gasteiger partial charge is 0.310 e. The van der Waals surface area contributed by atoms with E-state index >= 15 is 0 Å². The minimum absolute atomic E-state index is 0.131. The van der Waals surface area contributed by atoms with Crippen molar-refractivity contribution in [1.82, 2.24) is 15.2 Å². The predicted octanol–water partition coefficient (Wildman–Crippen LogP) is 1.43. The van der Waals surface area contributed by atoms with E-state index in [4.69, 9.17) is 4.74 Å². The minimum atomic E-state index is -0.189. The molecule has 2 unspecified atom stereocenters. The third-order valence-corrected chi connectivity index (χ3v) is 4.53. The summed E-state index contributed by atoms with van der Waals surface area (Å²) in [5, 5.41) is 6.00. The van der Waals surface area contributed by atoms with Gasteiger partial charge in [-0.15, -0.1) is 0 Å². The molecule has 2 N–H and O–H groups in total. The lowest BCUT2D eigenvalue weighted by Gasteiger charge is -2.21. The van der Waals surface area contributed by atoms with Crippen molar-refractivity contribution in [3.05, 3.63) is 23.9 Å². The molecule has 27 heavy (non-hydrogen) atoms. The summed E-state index contributed by atoms with van der Waals surface area (Å²) in [6.07, 6.45) is 1.97. The van der Waals surface area contributed by atoms with Crippen LogP contribution in [0.3, 0.4) is 0 Å². The maximum Gasteiger partial charge on any atom is 0.310 e. The summed E-state index contributed by atoms with van der Waals surface area (Å²) in [5.74, 6) is 0.971. The van der Waals surface area contributed by atoms with Crippen LogP contribution in [0, 0.1) is 18.8 Å². The number of carbonyl (C=O) groups excluding carboxylic acids is 2. The maximum absolute atomic E-state index is 12.1. The lowest BCUT2D eigenvalue weighted by Crippen LogP contribution is -2.40. The Labute approximate surface area is 160 Å². The van der Waals surface area contributed by atoms with E-state index in [9.17, 15) is 9.59 Å². The minimum Gasteiger partial charge on any atom is -0.469 e. The number of ether oxygens (including phenoxy) is 1. The first-order valence-corrected chi connectivity index (χ1v) is 9.28. The van der Waals surface area contributed by atoms with Crippen molar-refractivity contribution in [2.75, 3.05) is 38.6 Å². The fraction of sp³-hybridized carbons (Fsp3) is 0.579. The Morgan fingerprint density at radius 3 is 2.78 bits per heavy atom. The summed E-state index contributed by atoms with van der Waals surface area (Å²) in [7, 11) is 1.42. The Morgan fingerprint density at radius 2 is 2.15 bits per heavy atom. The predicted molar refractivity (Wildman–Crippen MR) is 104 cm³/mol. The molecule has 0 saturated carbocycles. The molecular weight excluding hydrogens is 346 g/mol. The van der Waals surface area contributed by atoms with Gasteiger partial charge in [0.2, 0.25) is 5.91 Å². The van der Waals surface area contributed by atoms with Crippen LogP contribution in [0.5, 0.6) is 0 Å². The number of anilines is 1. The zero-order valence-electron chi connectivity index (χ0n) is 16.5. The number of pyridine rings is 1. The Bertz CT molecular complexity index is 674. The van der Waals surface area contributed by atoms with Gasteiger partial charge in [0.25, 0.3) is 0 Å². The lowest BCUT2D eigenvalue weighted by atomic mass is 9.99. The molecule has 1 aliphatic rings. The SMILES string of the molecule is CCNC(=NCCC(=O)Nc1ccc(C)cn1)N1CC(C)C(C(=O)OC)C1. The Kier molecular flexibility index (Phi) is 7.57. The normalized spacial score (nSPS) is 19.7. The van der Waals surface area contributed by atoms with E-state index in [1.165, 1.54) is 7.11 Å². The number of nitrogens with one attached hydrogen (secondary N) is 2. The first-order valence-electron chi connectivity index (χ1n) is 9.28. The van der Waals surface area contributed by atoms with Gasteiger partial charge >= 0.3 is 5.97 Å². The summed E-state index contributed by atoms with van der Waals surface area (Å²) >= 11 is 0. The number of aryl methyl sites for hydroxylation is 1. The Balaban J connectivity index is 1.90. The number of aromatic nitrogens is 1. The number of carbonyl (C=O) groups is 2. The van der Waals surface area contributed by atoms with Crippen molar-refractivity contribution in [1.29, 1.82) is 0 Å². The van der Waals surface area contributed by atoms with E-state index in [1.807, 2.05) is 26.8 Å². The molecule has 0 aromatic carbocycles. The number of rotatable bonds is 6. The van der Waals surface area contributed by atoms with Gasteiger partial charge in [-0.2, -0.15) is 0 Å². The number of likely N-dealkylation sites (tertiary alicyclic amines) is 1. The number of aliphatic imine (C=N–C) groups is 1. The quantitative estimate of drug-likeness (QED) is 0.444. The third kappa shape index (κ3) is 5.94. The second-order valence-electron chi connectivity index (χ2n) is 6.77. The zero-order valence-corrected chi connectivity index (χ0v) is 16.5. The fourth-order valence-electron chi connectivity index (χ4n) is 3.03. The van der Waals surface area contributed by atoms with Gasteiger partial charge < -0.3 is 20.3 Å². The third-order valence-electron chi connectivity index (χ3n) is 4.53. The summed E-state index contributed by atoms with van der Waals surface area (Å²) in [6, 6.07) is 3.68. The average Bonchev–Trinajstić information content (AvgIpc) is 3.04. The van der Waals surface area contributed by atoms with Gasteiger partial charge in [0.05, 0.1) is 19.6 Å². The number of methoxy groups -OCH3 is 1. The highest BCUT2D eigenvalue weighted by molar-refractivity contribution is 5.90. The molecule has 1 saturated heterocycles. The van der Waals surface area contributed by atoms with Crippen molar-refractivity contribution in [2.45, 2.75) is 27.2 Å². The first-order chi connectivity index (χ1) is 12.9. The van der Waals surface area contributed by atoms with Crippen molar-refractivity contribution < 1.29 is 14.3 Å². The van der Waals surface area contributed by atoms with Gasteiger partial charge in [0.1, 0.15) is 5.82 Å². The number of nitrogens with zero attached hydrogens (tertiary/aromatic N) is 3. The zero-order chi connectivity index (χ0) is 19.8. The number of guanidine groups is 1. The molecule has 1 aliphatic heterocycles. The standard InChI is InChI=1S/C19H29N5O3/c1-5-20-19(24-11-14(3)15(12-24)18(26)27-4)21-9-8-17(25)23-16-7-6-13(2)10-22-16/h6-7,10,14-15H,5,8-9,11-12H2,1-4H3,(H,20,21)(H,22,23,25). The molecular formula is C19H29N5O3. The molecule has 0 radical (unpaired) electrons. The van der Waals surface area contributed by atoms with Crippen molar-refractivity contribution in [3.8, 4) is 0 Å². The van der Waals surface area contributed by atoms with Crippen LogP contribution in [0.1, 0.15) is 25.8 Å². The van der Waals surface area contributed by atoms with Crippen LogP contribution in [-0.2, 0) is 14.3 Å². The van der Waals surface area contributed by atoms with Gasteiger partial charge in [-0.05, 0) is 31.4 Å². The van der Waals surface area contributed by atoms with Gasteiger partial charge in [-0.25, -0.2) is 4.98 Å². The maximum atomic E-state index is 12.1. The van der Waals surface area contributed by atoms with E-state index in [1.54, 1.807) is 12.3 Å². The van der Waals surface area contributed by atoms with E-state index in [0.717, 1.165) is 18.1 Å². The Hall–Kier alpha value is -2.64. The Morgan fingerprint density at radius 1 is 1.37 bits per heavy atom. The molecule has 148 valence electrons. The molecule has 2 heterocycles. The van der Waals surface area contributed by atoms with E-state index in [2.05, 4.69) is 25.5 Å². The lowest BCUT2D eigenvalue weighted by molar-refractivity contribution is -0.146. The highest BCUT2D eigenvalue weighted by Gasteiger charge is 2.36. The molecule has 2 rings (SSSR count). The molecule has 1 aromatic heterocycles. The molecule has 8 heteroatoms.